The summed E-state index contributed by atoms with van der Waals surface area (Å²) >= 11 is 0. The highest BCUT2D eigenvalue weighted by Crippen LogP contribution is 2.51. The molecule has 10 aromatic rings. The molecule has 308 valence electrons. The Hall–Kier alpha value is -7.68. The van der Waals surface area contributed by atoms with E-state index in [2.05, 4.69) is 242 Å². The van der Waals surface area contributed by atoms with E-state index in [0.29, 0.717) is 0 Å². The smallest absolute Gasteiger partial charge is 0.0541 e. The second kappa shape index (κ2) is 16.2. The van der Waals surface area contributed by atoms with E-state index in [9.17, 15) is 0 Å². The lowest BCUT2D eigenvalue weighted by molar-refractivity contribution is 0.660. The molecule has 1 aliphatic rings. The fraction of sp³-hybridized carbons (Fsp3) is 0.0968. The molecule has 11 rings (SSSR count). The Bertz CT molecular complexity index is 3300. The Labute approximate surface area is 377 Å². The van der Waals surface area contributed by atoms with Crippen molar-refractivity contribution in [3.8, 4) is 39.1 Å². The van der Waals surface area contributed by atoms with Crippen LogP contribution in [0.5, 0.6) is 0 Å². The van der Waals surface area contributed by atoms with Crippen molar-refractivity contribution in [2.24, 2.45) is 0 Å². The maximum absolute atomic E-state index is 3.88. The van der Waals surface area contributed by atoms with Crippen LogP contribution in [0.1, 0.15) is 48.1 Å². The molecule has 1 aromatic heterocycles. The van der Waals surface area contributed by atoms with Gasteiger partial charge in [0, 0.05) is 38.9 Å². The number of anilines is 3. The second-order valence-electron chi connectivity index (χ2n) is 17.7. The predicted molar refractivity (Wildman–Crippen MR) is 272 cm³/mol. The molecule has 2 heteroatoms. The Balaban J connectivity index is 0.910. The molecule has 0 fully saturated rings. The fourth-order valence-corrected chi connectivity index (χ4v) is 10.1. The van der Waals surface area contributed by atoms with Crippen LogP contribution in [0.3, 0.4) is 0 Å². The number of aryl methyl sites for hydroxylation is 2. The van der Waals surface area contributed by atoms with E-state index in [1.54, 1.807) is 0 Å². The van der Waals surface area contributed by atoms with Crippen molar-refractivity contribution in [3.63, 3.8) is 0 Å². The van der Waals surface area contributed by atoms with Crippen molar-refractivity contribution in [3.05, 3.63) is 247 Å². The molecule has 9 aromatic carbocycles. The molecule has 1 aliphatic carbocycles. The lowest BCUT2D eigenvalue weighted by atomic mass is 9.82. The summed E-state index contributed by atoms with van der Waals surface area (Å²) in [5.41, 5.74) is 21.0. The molecule has 0 bridgehead atoms. The molecule has 1 heterocycles. The van der Waals surface area contributed by atoms with Gasteiger partial charge in [-0.2, -0.15) is 0 Å². The monoisotopic (exact) mass is 822 g/mol. The summed E-state index contributed by atoms with van der Waals surface area (Å²) in [5, 5.41) is 2.51. The third-order valence-electron chi connectivity index (χ3n) is 13.5. The molecule has 0 unspecified atom stereocenters. The van der Waals surface area contributed by atoms with Crippen LogP contribution in [0.2, 0.25) is 0 Å². The van der Waals surface area contributed by atoms with Gasteiger partial charge in [-0.3, -0.25) is 0 Å². The number of benzene rings is 9. The van der Waals surface area contributed by atoms with Crippen LogP contribution in [-0.4, -0.2) is 4.57 Å². The summed E-state index contributed by atoms with van der Waals surface area (Å²) in [4.78, 5) is 2.40. The maximum Gasteiger partial charge on any atom is 0.0541 e. The zero-order chi connectivity index (χ0) is 43.2. The van der Waals surface area contributed by atoms with Crippen molar-refractivity contribution < 1.29 is 0 Å². The molecular weight excluding hydrogens is 773 g/mol. The van der Waals surface area contributed by atoms with Gasteiger partial charge in [0.25, 0.3) is 0 Å². The number of rotatable bonds is 11. The third kappa shape index (κ3) is 7.02. The van der Waals surface area contributed by atoms with Crippen LogP contribution in [0.15, 0.2) is 219 Å². The molecule has 0 aliphatic heterocycles. The minimum atomic E-state index is -0.0977. The normalized spacial score (nSPS) is 12.6. The number of hydrogen-bond acceptors (Lipinski definition) is 1. The number of para-hydroxylation sites is 1. The number of fused-ring (bicyclic) bond motifs is 6. The highest BCUT2D eigenvalue weighted by Gasteiger charge is 2.35. The first-order valence-electron chi connectivity index (χ1n) is 22.6. The van der Waals surface area contributed by atoms with Gasteiger partial charge in [-0.05, 0) is 147 Å². The van der Waals surface area contributed by atoms with Crippen LogP contribution in [0, 0.1) is 0 Å². The highest BCUT2D eigenvalue weighted by atomic mass is 15.1. The molecule has 2 nitrogen and oxygen atoms in total. The Morgan fingerprint density at radius 1 is 0.453 bits per heavy atom. The average Bonchev–Trinajstić information content (AvgIpc) is 3.80. The van der Waals surface area contributed by atoms with Gasteiger partial charge in [0.2, 0.25) is 0 Å². The van der Waals surface area contributed by atoms with Crippen molar-refractivity contribution in [2.75, 3.05) is 4.90 Å². The molecule has 0 spiro atoms. The molecule has 0 N–H and O–H groups in total. The highest BCUT2D eigenvalue weighted by molar-refractivity contribution is 6.10. The molecule has 0 saturated heterocycles. The number of hydrogen-bond donors (Lipinski definition) is 0. The molecule has 64 heavy (non-hydrogen) atoms. The summed E-state index contributed by atoms with van der Waals surface area (Å²) in [6.45, 7) is 8.59. The summed E-state index contributed by atoms with van der Waals surface area (Å²) in [5.74, 6) is 0. The molecule has 0 atom stereocenters. The van der Waals surface area contributed by atoms with E-state index in [0.717, 1.165) is 36.3 Å². The summed E-state index contributed by atoms with van der Waals surface area (Å²) in [6, 6.07) is 78.3. The van der Waals surface area contributed by atoms with Gasteiger partial charge in [-0.1, -0.05) is 172 Å². The van der Waals surface area contributed by atoms with Crippen molar-refractivity contribution in [1.29, 1.82) is 0 Å². The van der Waals surface area contributed by atoms with E-state index in [-0.39, 0.29) is 5.41 Å². The minimum Gasteiger partial charge on any atom is -0.310 e. The van der Waals surface area contributed by atoms with Gasteiger partial charge in [0.05, 0.1) is 11.0 Å². The average molecular weight is 823 g/mol. The molecular formula is C62H50N2. The van der Waals surface area contributed by atoms with Crippen LogP contribution in [0.25, 0.3) is 66.9 Å². The van der Waals surface area contributed by atoms with Gasteiger partial charge in [0.15, 0.2) is 0 Å². The zero-order valence-corrected chi connectivity index (χ0v) is 36.5. The van der Waals surface area contributed by atoms with E-state index in [4.69, 9.17) is 0 Å². The van der Waals surface area contributed by atoms with Crippen LogP contribution >= 0.6 is 0 Å². The molecule has 0 radical (unpaired) electrons. The standard InChI is InChI=1S/C62H50N2/c1-4-43-21-23-44(24-22-43)13-12-14-45-25-32-52(33-26-45)64-60-20-11-9-18-56(60)57-41-49(31-40-61(57)64)48-29-36-51(37-30-48)63(50-34-27-47(28-35-50)46-15-6-5-7-16-46)53-38-39-55-54-17-8-10-19-58(54)62(2,3)59(55)42-53/h4-11,15-42H,1,12-14H2,2-3H3. The zero-order valence-electron chi connectivity index (χ0n) is 36.5. The minimum absolute atomic E-state index is 0.0977. The lowest BCUT2D eigenvalue weighted by Gasteiger charge is -2.28. The van der Waals surface area contributed by atoms with Gasteiger partial charge in [-0.15, -0.1) is 0 Å². The largest absolute Gasteiger partial charge is 0.310 e. The first kappa shape index (κ1) is 39.2. The van der Waals surface area contributed by atoms with E-state index < -0.39 is 0 Å². The number of nitrogens with zero attached hydrogens (tertiary/aromatic N) is 2. The number of aromatic nitrogens is 1. The first-order valence-corrected chi connectivity index (χ1v) is 22.6. The molecule has 0 saturated carbocycles. The fourth-order valence-electron chi connectivity index (χ4n) is 10.1. The van der Waals surface area contributed by atoms with Gasteiger partial charge < -0.3 is 9.47 Å². The summed E-state index contributed by atoms with van der Waals surface area (Å²) in [7, 11) is 0. The Morgan fingerprint density at radius 2 is 1.00 bits per heavy atom. The van der Waals surface area contributed by atoms with Crippen LogP contribution < -0.4 is 4.90 Å². The SMILES string of the molecule is C=Cc1ccc(CCCc2ccc(-n3c4ccccc4c4cc(-c5ccc(N(c6ccc(-c7ccccc7)cc6)c6ccc7c(c6)C(C)(C)c6ccccc6-7)cc5)ccc43)cc2)cc1. The maximum atomic E-state index is 3.88. The van der Waals surface area contributed by atoms with Crippen molar-refractivity contribution in [2.45, 2.75) is 38.5 Å². The summed E-state index contributed by atoms with van der Waals surface area (Å²) < 4.78 is 2.42. The Kier molecular flexibility index (Phi) is 9.93. The van der Waals surface area contributed by atoms with E-state index in [1.165, 1.54) is 88.7 Å². The van der Waals surface area contributed by atoms with Crippen molar-refractivity contribution >= 4 is 44.9 Å². The second-order valence-corrected chi connectivity index (χ2v) is 17.7. The van der Waals surface area contributed by atoms with Crippen LogP contribution in [0.4, 0.5) is 17.1 Å². The van der Waals surface area contributed by atoms with E-state index >= 15 is 0 Å². The topological polar surface area (TPSA) is 8.17 Å². The Morgan fingerprint density at radius 3 is 1.70 bits per heavy atom. The predicted octanol–water partition coefficient (Wildman–Crippen LogP) is 16.7. The summed E-state index contributed by atoms with van der Waals surface area (Å²) in [6.07, 6.45) is 5.14. The quantitative estimate of drug-likeness (QED) is 0.126. The first-order chi connectivity index (χ1) is 31.4. The van der Waals surface area contributed by atoms with E-state index in [1.807, 2.05) is 6.08 Å². The van der Waals surface area contributed by atoms with Crippen LogP contribution in [-0.2, 0) is 18.3 Å². The van der Waals surface area contributed by atoms with Gasteiger partial charge >= 0.3 is 0 Å². The van der Waals surface area contributed by atoms with Gasteiger partial charge in [0.1, 0.15) is 0 Å². The molecule has 0 amide bonds. The van der Waals surface area contributed by atoms with Crippen molar-refractivity contribution in [1.82, 2.24) is 4.57 Å². The lowest BCUT2D eigenvalue weighted by Crippen LogP contribution is -2.16. The third-order valence-corrected chi connectivity index (χ3v) is 13.5. The van der Waals surface area contributed by atoms with Gasteiger partial charge in [-0.25, -0.2) is 0 Å².